The van der Waals surface area contributed by atoms with Gasteiger partial charge < -0.3 is 11.2 Å². The Morgan fingerprint density at radius 1 is 1.25 bits per heavy atom. The first-order valence-electron chi connectivity index (χ1n) is 7.63. The smallest absolute Gasteiger partial charge is 0.230 e. The Morgan fingerprint density at radius 3 is 2.75 bits per heavy atom. The standard InChI is InChI=1S/C17H19N5OS/c1-11(14-9-5-7-13-6-3-4-8-15(13)14)19-16(23)10-24-17-21-20-12(2)22(17)18/h3-9,11H,10,18H2,1-2H3,(H,19,23)/t11-/m0/s1. The minimum absolute atomic E-state index is 0.0684. The number of rotatable bonds is 5. The minimum Gasteiger partial charge on any atom is -0.349 e. The van der Waals surface area contributed by atoms with Crippen molar-refractivity contribution in [3.8, 4) is 0 Å². The number of hydrogen-bond acceptors (Lipinski definition) is 5. The molecule has 0 spiro atoms. The van der Waals surface area contributed by atoms with Crippen LogP contribution in [0.25, 0.3) is 10.8 Å². The molecule has 2 aromatic carbocycles. The van der Waals surface area contributed by atoms with E-state index in [0.717, 1.165) is 16.3 Å². The summed E-state index contributed by atoms with van der Waals surface area (Å²) in [7, 11) is 0. The molecule has 0 fully saturated rings. The number of thioether (sulfide) groups is 1. The monoisotopic (exact) mass is 341 g/mol. The van der Waals surface area contributed by atoms with Crippen molar-refractivity contribution in [1.82, 2.24) is 20.2 Å². The first-order chi connectivity index (χ1) is 11.6. The number of aryl methyl sites for hydroxylation is 1. The third-order valence-corrected chi connectivity index (χ3v) is 4.78. The number of aromatic nitrogens is 3. The van der Waals surface area contributed by atoms with Crippen LogP contribution in [-0.4, -0.2) is 26.5 Å². The van der Waals surface area contributed by atoms with Gasteiger partial charge in [-0.25, -0.2) is 4.68 Å². The van der Waals surface area contributed by atoms with E-state index >= 15 is 0 Å². The third-order valence-electron chi connectivity index (χ3n) is 3.83. The average Bonchev–Trinajstić information content (AvgIpc) is 2.91. The summed E-state index contributed by atoms with van der Waals surface area (Å²) in [5, 5.41) is 13.7. The molecule has 1 amide bonds. The maximum atomic E-state index is 12.2. The van der Waals surface area contributed by atoms with Gasteiger partial charge in [0.25, 0.3) is 0 Å². The van der Waals surface area contributed by atoms with Gasteiger partial charge in [-0.15, -0.1) is 10.2 Å². The molecule has 0 saturated carbocycles. The van der Waals surface area contributed by atoms with Crippen molar-refractivity contribution >= 4 is 28.4 Å². The van der Waals surface area contributed by atoms with E-state index in [-0.39, 0.29) is 17.7 Å². The van der Waals surface area contributed by atoms with Crippen LogP contribution in [-0.2, 0) is 4.79 Å². The van der Waals surface area contributed by atoms with Gasteiger partial charge in [0.15, 0.2) is 0 Å². The first-order valence-corrected chi connectivity index (χ1v) is 8.61. The van der Waals surface area contributed by atoms with Crippen LogP contribution in [0, 0.1) is 6.92 Å². The molecule has 0 aliphatic carbocycles. The summed E-state index contributed by atoms with van der Waals surface area (Å²) >= 11 is 1.27. The van der Waals surface area contributed by atoms with E-state index < -0.39 is 0 Å². The number of hydrogen-bond donors (Lipinski definition) is 2. The minimum atomic E-state index is -0.0818. The van der Waals surface area contributed by atoms with Crippen molar-refractivity contribution in [1.29, 1.82) is 0 Å². The number of fused-ring (bicyclic) bond motifs is 1. The van der Waals surface area contributed by atoms with Gasteiger partial charge >= 0.3 is 0 Å². The number of nitrogen functional groups attached to an aromatic ring is 1. The maximum Gasteiger partial charge on any atom is 0.230 e. The topological polar surface area (TPSA) is 85.8 Å². The van der Waals surface area contributed by atoms with Crippen LogP contribution in [0.5, 0.6) is 0 Å². The van der Waals surface area contributed by atoms with Crippen LogP contribution in [0.1, 0.15) is 24.4 Å². The van der Waals surface area contributed by atoms with E-state index in [1.807, 2.05) is 31.2 Å². The van der Waals surface area contributed by atoms with Gasteiger partial charge in [-0.2, -0.15) is 0 Å². The van der Waals surface area contributed by atoms with Gasteiger partial charge in [0.1, 0.15) is 5.82 Å². The second kappa shape index (κ2) is 6.92. The second-order valence-electron chi connectivity index (χ2n) is 5.55. The molecule has 124 valence electrons. The molecule has 7 heteroatoms. The van der Waals surface area contributed by atoms with E-state index in [4.69, 9.17) is 5.84 Å². The predicted octanol–water partition coefficient (Wildman–Crippen LogP) is 2.42. The van der Waals surface area contributed by atoms with Crippen molar-refractivity contribution in [3.05, 3.63) is 53.9 Å². The van der Waals surface area contributed by atoms with Crippen molar-refractivity contribution in [2.45, 2.75) is 25.0 Å². The summed E-state index contributed by atoms with van der Waals surface area (Å²) in [5.41, 5.74) is 1.10. The van der Waals surface area contributed by atoms with Gasteiger partial charge in [0, 0.05) is 0 Å². The van der Waals surface area contributed by atoms with Gasteiger partial charge in [0.2, 0.25) is 11.1 Å². The van der Waals surface area contributed by atoms with E-state index in [2.05, 4.69) is 33.7 Å². The van der Waals surface area contributed by atoms with Crippen molar-refractivity contribution in [3.63, 3.8) is 0 Å². The van der Waals surface area contributed by atoms with E-state index in [9.17, 15) is 4.79 Å². The maximum absolute atomic E-state index is 12.2. The van der Waals surface area contributed by atoms with E-state index in [1.54, 1.807) is 6.92 Å². The predicted molar refractivity (Wildman–Crippen MR) is 96.1 cm³/mol. The van der Waals surface area contributed by atoms with Crippen molar-refractivity contribution in [2.75, 3.05) is 11.6 Å². The fraction of sp³-hybridized carbons (Fsp3) is 0.235. The Bertz CT molecular complexity index is 871. The molecule has 0 aliphatic heterocycles. The summed E-state index contributed by atoms with van der Waals surface area (Å²) in [6.45, 7) is 3.75. The zero-order valence-corrected chi connectivity index (χ0v) is 14.4. The molecule has 0 saturated heterocycles. The molecule has 0 radical (unpaired) electrons. The molecule has 3 rings (SSSR count). The molecule has 0 aliphatic rings. The fourth-order valence-corrected chi connectivity index (χ4v) is 3.28. The highest BCUT2D eigenvalue weighted by Gasteiger charge is 2.14. The van der Waals surface area contributed by atoms with Gasteiger partial charge in [-0.1, -0.05) is 54.2 Å². The number of nitrogens with zero attached hydrogens (tertiary/aromatic N) is 3. The Labute approximate surface area is 144 Å². The van der Waals surface area contributed by atoms with Crippen LogP contribution < -0.4 is 11.2 Å². The molecule has 3 N–H and O–H groups in total. The van der Waals surface area contributed by atoms with E-state index in [1.165, 1.54) is 16.4 Å². The van der Waals surface area contributed by atoms with Crippen LogP contribution in [0.4, 0.5) is 0 Å². The van der Waals surface area contributed by atoms with Crippen LogP contribution >= 0.6 is 11.8 Å². The molecular weight excluding hydrogens is 322 g/mol. The van der Waals surface area contributed by atoms with Crippen LogP contribution in [0.15, 0.2) is 47.6 Å². The summed E-state index contributed by atoms with van der Waals surface area (Å²) in [6.07, 6.45) is 0. The number of carbonyl (C=O) groups is 1. The Morgan fingerprint density at radius 2 is 2.00 bits per heavy atom. The normalized spacial score (nSPS) is 12.2. The fourth-order valence-electron chi connectivity index (χ4n) is 2.57. The van der Waals surface area contributed by atoms with Crippen LogP contribution in [0.2, 0.25) is 0 Å². The van der Waals surface area contributed by atoms with Crippen molar-refractivity contribution in [2.24, 2.45) is 0 Å². The number of nitrogens with two attached hydrogens (primary N) is 1. The highest BCUT2D eigenvalue weighted by atomic mass is 32.2. The highest BCUT2D eigenvalue weighted by molar-refractivity contribution is 7.99. The molecule has 1 aromatic heterocycles. The zero-order chi connectivity index (χ0) is 17.1. The molecule has 0 bridgehead atoms. The Kier molecular flexibility index (Phi) is 4.71. The Hall–Kier alpha value is -2.54. The number of benzene rings is 2. The number of amides is 1. The average molecular weight is 341 g/mol. The lowest BCUT2D eigenvalue weighted by Gasteiger charge is -2.16. The quantitative estimate of drug-likeness (QED) is 0.550. The number of nitrogens with one attached hydrogen (secondary N) is 1. The lowest BCUT2D eigenvalue weighted by molar-refractivity contribution is -0.119. The Balaban J connectivity index is 1.66. The lowest BCUT2D eigenvalue weighted by Crippen LogP contribution is -2.28. The largest absolute Gasteiger partial charge is 0.349 e. The SMILES string of the molecule is Cc1nnc(SCC(=O)N[C@@H](C)c2cccc3ccccc23)n1N. The molecular formula is C17H19N5OS. The van der Waals surface area contributed by atoms with Crippen molar-refractivity contribution < 1.29 is 4.79 Å². The summed E-state index contributed by atoms with van der Waals surface area (Å²) in [6, 6.07) is 14.2. The summed E-state index contributed by atoms with van der Waals surface area (Å²) in [4.78, 5) is 12.2. The number of carbonyl (C=O) groups excluding carboxylic acids is 1. The molecule has 0 unspecified atom stereocenters. The van der Waals surface area contributed by atoms with Gasteiger partial charge in [0.05, 0.1) is 11.8 Å². The second-order valence-corrected chi connectivity index (χ2v) is 6.49. The lowest BCUT2D eigenvalue weighted by atomic mass is 10.00. The molecule has 6 nitrogen and oxygen atoms in total. The van der Waals surface area contributed by atoms with Gasteiger partial charge in [-0.05, 0) is 30.2 Å². The molecule has 24 heavy (non-hydrogen) atoms. The molecule has 1 heterocycles. The van der Waals surface area contributed by atoms with Crippen LogP contribution in [0.3, 0.4) is 0 Å². The zero-order valence-electron chi connectivity index (χ0n) is 13.6. The molecule has 3 aromatic rings. The highest BCUT2D eigenvalue weighted by Crippen LogP contribution is 2.24. The first kappa shape index (κ1) is 16.3. The third kappa shape index (κ3) is 3.35. The van der Waals surface area contributed by atoms with Gasteiger partial charge in [-0.3, -0.25) is 4.79 Å². The molecule has 1 atom stereocenters. The van der Waals surface area contributed by atoms with E-state index in [0.29, 0.717) is 11.0 Å². The summed E-state index contributed by atoms with van der Waals surface area (Å²) in [5.74, 6) is 6.57. The summed E-state index contributed by atoms with van der Waals surface area (Å²) < 4.78 is 1.38.